The van der Waals surface area contributed by atoms with E-state index < -0.39 is 0 Å². The Hall–Kier alpha value is -1.06. The summed E-state index contributed by atoms with van der Waals surface area (Å²) in [5, 5.41) is 0. The summed E-state index contributed by atoms with van der Waals surface area (Å²) in [5.74, 6) is 0.315. The van der Waals surface area contributed by atoms with Gasteiger partial charge in [-0.15, -0.1) is 12.4 Å². The molecule has 0 heterocycles. The van der Waals surface area contributed by atoms with Crippen molar-refractivity contribution in [1.82, 2.24) is 4.90 Å². The lowest BCUT2D eigenvalue weighted by molar-refractivity contribution is -0.147. The maximum atomic E-state index is 12.8. The Kier molecular flexibility index (Phi) is 10.0. The lowest BCUT2D eigenvalue weighted by Crippen LogP contribution is -2.31. The van der Waals surface area contributed by atoms with E-state index in [1.54, 1.807) is 0 Å². The number of rotatable bonds is 8. The van der Waals surface area contributed by atoms with Crippen LogP contribution in [0.15, 0.2) is 30.3 Å². The molecule has 0 saturated heterocycles. The zero-order valence-corrected chi connectivity index (χ0v) is 15.9. The van der Waals surface area contributed by atoms with Gasteiger partial charge in [0.1, 0.15) is 6.61 Å². The van der Waals surface area contributed by atoms with Crippen molar-refractivity contribution in [2.45, 2.75) is 51.9 Å². The van der Waals surface area contributed by atoms with Crippen LogP contribution in [0.5, 0.6) is 0 Å². The van der Waals surface area contributed by atoms with Gasteiger partial charge in [0.15, 0.2) is 0 Å². The number of halogens is 1. The standard InChI is InChI=1S/C20H31NO2.ClH/c1-3-21(4-2)15-16-23-20(22)19(17-11-7-5-8-12-17)18-13-9-6-10-14-18;/h5,7-8,11-12,18-19H,3-4,6,9-10,13-16H2,1-2H3;1H. The van der Waals surface area contributed by atoms with Gasteiger partial charge < -0.3 is 9.64 Å². The van der Waals surface area contributed by atoms with Crippen molar-refractivity contribution < 1.29 is 9.53 Å². The minimum Gasteiger partial charge on any atom is -0.464 e. The van der Waals surface area contributed by atoms with E-state index in [0.29, 0.717) is 12.5 Å². The molecule has 0 spiro atoms. The van der Waals surface area contributed by atoms with Crippen LogP contribution in [0.4, 0.5) is 0 Å². The van der Waals surface area contributed by atoms with Crippen LogP contribution in [-0.2, 0) is 9.53 Å². The third-order valence-electron chi connectivity index (χ3n) is 5.08. The first-order valence-electron chi connectivity index (χ1n) is 9.20. The molecule has 0 bridgehead atoms. The fraction of sp³-hybridized carbons (Fsp3) is 0.650. The highest BCUT2D eigenvalue weighted by molar-refractivity contribution is 5.85. The molecule has 24 heavy (non-hydrogen) atoms. The summed E-state index contributed by atoms with van der Waals surface area (Å²) >= 11 is 0. The summed E-state index contributed by atoms with van der Waals surface area (Å²) < 4.78 is 5.67. The highest BCUT2D eigenvalue weighted by atomic mass is 35.5. The highest BCUT2D eigenvalue weighted by Crippen LogP contribution is 2.36. The third-order valence-corrected chi connectivity index (χ3v) is 5.08. The molecular formula is C20H32ClNO2. The van der Waals surface area contributed by atoms with Gasteiger partial charge in [-0.2, -0.15) is 0 Å². The van der Waals surface area contributed by atoms with Crippen LogP contribution in [0, 0.1) is 5.92 Å². The van der Waals surface area contributed by atoms with E-state index in [0.717, 1.165) is 38.0 Å². The molecule has 1 fully saturated rings. The number of esters is 1. The van der Waals surface area contributed by atoms with Crippen LogP contribution >= 0.6 is 12.4 Å². The zero-order valence-electron chi connectivity index (χ0n) is 15.1. The Labute approximate surface area is 153 Å². The van der Waals surface area contributed by atoms with Crippen LogP contribution in [0.3, 0.4) is 0 Å². The van der Waals surface area contributed by atoms with Gasteiger partial charge in [0.25, 0.3) is 0 Å². The molecule has 0 radical (unpaired) electrons. The van der Waals surface area contributed by atoms with E-state index in [1.165, 1.54) is 19.3 Å². The Morgan fingerprint density at radius 2 is 1.75 bits per heavy atom. The molecule has 1 unspecified atom stereocenters. The summed E-state index contributed by atoms with van der Waals surface area (Å²) in [6.07, 6.45) is 6.06. The molecule has 1 aliphatic rings. The first kappa shape index (κ1) is 21.0. The number of carbonyl (C=O) groups excluding carboxylic acids is 1. The highest BCUT2D eigenvalue weighted by Gasteiger charge is 2.32. The van der Waals surface area contributed by atoms with Crippen molar-refractivity contribution in [3.8, 4) is 0 Å². The van der Waals surface area contributed by atoms with Crippen LogP contribution in [0.1, 0.15) is 57.4 Å². The monoisotopic (exact) mass is 353 g/mol. The van der Waals surface area contributed by atoms with Gasteiger partial charge in [-0.25, -0.2) is 0 Å². The van der Waals surface area contributed by atoms with Gasteiger partial charge in [0.2, 0.25) is 0 Å². The van der Waals surface area contributed by atoms with Crippen LogP contribution < -0.4 is 0 Å². The fourth-order valence-electron chi connectivity index (χ4n) is 3.63. The minimum absolute atomic E-state index is 0. The number of carbonyl (C=O) groups is 1. The van der Waals surface area contributed by atoms with Crippen LogP contribution in [0.2, 0.25) is 0 Å². The molecule has 1 saturated carbocycles. The molecule has 0 aromatic heterocycles. The van der Waals surface area contributed by atoms with E-state index in [4.69, 9.17) is 4.74 Å². The summed E-state index contributed by atoms with van der Waals surface area (Å²) in [4.78, 5) is 15.0. The van der Waals surface area contributed by atoms with E-state index >= 15 is 0 Å². The lowest BCUT2D eigenvalue weighted by Gasteiger charge is -2.29. The topological polar surface area (TPSA) is 29.5 Å². The second kappa shape index (κ2) is 11.5. The maximum Gasteiger partial charge on any atom is 0.313 e. The summed E-state index contributed by atoms with van der Waals surface area (Å²) in [6.45, 7) is 7.60. The average Bonchev–Trinajstić information content (AvgIpc) is 2.61. The summed E-state index contributed by atoms with van der Waals surface area (Å²) in [7, 11) is 0. The molecule has 1 aliphatic carbocycles. The number of likely N-dealkylation sites (N-methyl/N-ethyl adjacent to an activating group) is 1. The van der Waals surface area contributed by atoms with Gasteiger partial charge >= 0.3 is 5.97 Å². The predicted molar refractivity (Wildman–Crippen MR) is 102 cm³/mol. The first-order valence-corrected chi connectivity index (χ1v) is 9.20. The molecule has 4 heteroatoms. The Morgan fingerprint density at radius 1 is 1.12 bits per heavy atom. The molecule has 1 atom stereocenters. The van der Waals surface area contributed by atoms with Crippen LogP contribution in [-0.4, -0.2) is 37.1 Å². The predicted octanol–water partition coefficient (Wildman–Crippen LogP) is 4.66. The molecule has 0 aliphatic heterocycles. The third kappa shape index (κ3) is 6.10. The van der Waals surface area contributed by atoms with Crippen molar-refractivity contribution in [2.75, 3.05) is 26.2 Å². The van der Waals surface area contributed by atoms with Crippen molar-refractivity contribution in [2.24, 2.45) is 5.92 Å². The SMILES string of the molecule is CCN(CC)CCOC(=O)C(c1ccccc1)C1CCCCC1.Cl. The molecule has 0 amide bonds. The number of hydrogen-bond donors (Lipinski definition) is 0. The van der Waals surface area contributed by atoms with Crippen molar-refractivity contribution in [3.63, 3.8) is 0 Å². The smallest absolute Gasteiger partial charge is 0.313 e. The summed E-state index contributed by atoms with van der Waals surface area (Å²) in [5.41, 5.74) is 1.12. The molecule has 1 aromatic carbocycles. The van der Waals surface area contributed by atoms with Crippen molar-refractivity contribution in [3.05, 3.63) is 35.9 Å². The number of hydrogen-bond acceptors (Lipinski definition) is 3. The molecule has 0 N–H and O–H groups in total. The molecule has 136 valence electrons. The van der Waals surface area contributed by atoms with Gasteiger partial charge in [-0.05, 0) is 37.4 Å². The van der Waals surface area contributed by atoms with Gasteiger partial charge in [0.05, 0.1) is 5.92 Å². The molecule has 1 aromatic rings. The van der Waals surface area contributed by atoms with Gasteiger partial charge in [-0.3, -0.25) is 4.79 Å². The molecular weight excluding hydrogens is 322 g/mol. The number of benzene rings is 1. The lowest BCUT2D eigenvalue weighted by atomic mass is 9.77. The van der Waals surface area contributed by atoms with E-state index in [1.807, 2.05) is 18.2 Å². The van der Waals surface area contributed by atoms with E-state index in [2.05, 4.69) is 30.9 Å². The first-order chi connectivity index (χ1) is 11.3. The van der Waals surface area contributed by atoms with E-state index in [9.17, 15) is 4.79 Å². The van der Waals surface area contributed by atoms with Crippen molar-refractivity contribution in [1.29, 1.82) is 0 Å². The Balaban J connectivity index is 0.00000288. The fourth-order valence-corrected chi connectivity index (χ4v) is 3.63. The second-order valence-electron chi connectivity index (χ2n) is 6.48. The Morgan fingerprint density at radius 3 is 2.33 bits per heavy atom. The maximum absolute atomic E-state index is 12.8. The van der Waals surface area contributed by atoms with E-state index in [-0.39, 0.29) is 24.3 Å². The minimum atomic E-state index is -0.0896. The average molecular weight is 354 g/mol. The zero-order chi connectivity index (χ0) is 16.5. The van der Waals surface area contributed by atoms with Crippen LogP contribution in [0.25, 0.3) is 0 Å². The molecule has 2 rings (SSSR count). The van der Waals surface area contributed by atoms with Crippen molar-refractivity contribution >= 4 is 18.4 Å². The van der Waals surface area contributed by atoms with Gasteiger partial charge in [-0.1, -0.05) is 63.4 Å². The Bertz CT molecular complexity index is 456. The van der Waals surface area contributed by atoms with Gasteiger partial charge in [0, 0.05) is 6.54 Å². The number of ether oxygens (including phenoxy) is 1. The number of nitrogens with zero attached hydrogens (tertiary/aromatic N) is 1. The quantitative estimate of drug-likeness (QED) is 0.637. The largest absolute Gasteiger partial charge is 0.464 e. The summed E-state index contributed by atoms with van der Waals surface area (Å²) in [6, 6.07) is 10.2. The normalized spacial score (nSPS) is 16.5. The second-order valence-corrected chi connectivity index (χ2v) is 6.48. The molecule has 3 nitrogen and oxygen atoms in total.